The summed E-state index contributed by atoms with van der Waals surface area (Å²) in [5.41, 5.74) is 2.33. The van der Waals surface area contributed by atoms with Gasteiger partial charge in [-0.25, -0.2) is 18.4 Å². The quantitative estimate of drug-likeness (QED) is 0.416. The smallest absolute Gasteiger partial charge is 0.252 e. The van der Waals surface area contributed by atoms with Gasteiger partial charge in [-0.3, -0.25) is 5.10 Å². The molecule has 2 saturated heterocycles. The van der Waals surface area contributed by atoms with Crippen LogP contribution in [0.4, 0.5) is 5.82 Å². The molecule has 4 aromatic rings. The highest BCUT2D eigenvalue weighted by atomic mass is 32.2. The minimum absolute atomic E-state index is 0.00594. The molecule has 10 nitrogen and oxygen atoms in total. The summed E-state index contributed by atoms with van der Waals surface area (Å²) in [7, 11) is -3.70. The lowest BCUT2D eigenvalue weighted by Crippen LogP contribution is -2.40. The van der Waals surface area contributed by atoms with Gasteiger partial charge in [0, 0.05) is 43.7 Å². The number of aliphatic hydroxyl groups is 1. The van der Waals surface area contributed by atoms with Crippen LogP contribution >= 0.6 is 11.3 Å². The predicted molar refractivity (Wildman–Crippen MR) is 134 cm³/mol. The number of hydrogen-bond acceptors (Lipinski definition) is 9. The zero-order valence-electron chi connectivity index (χ0n) is 19.1. The van der Waals surface area contributed by atoms with E-state index >= 15 is 0 Å². The molecule has 3 aromatic heterocycles. The normalized spacial score (nSPS) is 20.1. The van der Waals surface area contributed by atoms with Crippen molar-refractivity contribution in [2.75, 3.05) is 50.9 Å². The zero-order valence-corrected chi connectivity index (χ0v) is 20.7. The summed E-state index contributed by atoms with van der Waals surface area (Å²) in [4.78, 5) is 11.9. The van der Waals surface area contributed by atoms with Gasteiger partial charge in [-0.15, -0.1) is 11.3 Å². The molecule has 0 radical (unpaired) electrons. The van der Waals surface area contributed by atoms with Crippen LogP contribution in [0.1, 0.15) is 12.8 Å². The Balaban J connectivity index is 1.49. The number of morpholine rings is 1. The van der Waals surface area contributed by atoms with E-state index < -0.39 is 10.0 Å². The highest BCUT2D eigenvalue weighted by Crippen LogP contribution is 2.38. The Morgan fingerprint density at radius 3 is 2.89 bits per heavy atom. The fraction of sp³-hybridized carbons (Fsp3) is 0.435. The molecule has 0 aliphatic carbocycles. The number of aromatic amines is 1. The molecule has 12 heteroatoms. The van der Waals surface area contributed by atoms with Gasteiger partial charge >= 0.3 is 0 Å². The van der Waals surface area contributed by atoms with Gasteiger partial charge in [-0.2, -0.15) is 9.40 Å². The first-order valence-electron chi connectivity index (χ1n) is 11.7. The Bertz CT molecular complexity index is 1480. The maximum absolute atomic E-state index is 13.6. The Morgan fingerprint density at radius 1 is 1.20 bits per heavy atom. The van der Waals surface area contributed by atoms with Crippen molar-refractivity contribution in [3.63, 3.8) is 0 Å². The monoisotopic (exact) mass is 514 g/mol. The molecule has 0 amide bonds. The van der Waals surface area contributed by atoms with Gasteiger partial charge in [0.05, 0.1) is 35.1 Å². The number of H-pyrrole nitrogens is 1. The minimum Gasteiger partial charge on any atom is -0.396 e. The van der Waals surface area contributed by atoms with E-state index in [4.69, 9.17) is 14.7 Å². The summed E-state index contributed by atoms with van der Waals surface area (Å²) in [6, 6.07) is 7.49. The minimum atomic E-state index is -3.70. The first-order chi connectivity index (χ1) is 17.0. The van der Waals surface area contributed by atoms with E-state index in [1.165, 1.54) is 15.6 Å². The number of benzene rings is 1. The van der Waals surface area contributed by atoms with Gasteiger partial charge in [0.25, 0.3) is 10.0 Å². The molecule has 1 atom stereocenters. The van der Waals surface area contributed by atoms with Gasteiger partial charge in [-0.1, -0.05) is 12.1 Å². The summed E-state index contributed by atoms with van der Waals surface area (Å²) in [5.74, 6) is 1.23. The standard InChI is InChI=1S/C23H26N6O4S2/c30-14-15-3-2-6-29(13-15)35(31,32)20-11-19-21(34-20)23(28-7-9-33-10-8-28)26-22(25-19)16-4-1-5-18-17(16)12-24-27-18/h1,4-5,11-12,15,30H,2-3,6-10,13-14H2,(H,24,27). The topological polar surface area (TPSA) is 125 Å². The number of aromatic nitrogens is 4. The molecule has 184 valence electrons. The summed E-state index contributed by atoms with van der Waals surface area (Å²) < 4.78 is 35.2. The van der Waals surface area contributed by atoms with Crippen molar-refractivity contribution in [3.05, 3.63) is 30.5 Å². The van der Waals surface area contributed by atoms with E-state index in [0.717, 1.165) is 39.8 Å². The number of rotatable bonds is 5. The van der Waals surface area contributed by atoms with E-state index in [1.54, 1.807) is 12.3 Å². The molecule has 2 aliphatic heterocycles. The fourth-order valence-electron chi connectivity index (χ4n) is 4.81. The van der Waals surface area contributed by atoms with E-state index in [-0.39, 0.29) is 16.7 Å². The molecule has 1 aromatic carbocycles. The van der Waals surface area contributed by atoms with Crippen molar-refractivity contribution in [1.29, 1.82) is 0 Å². The lowest BCUT2D eigenvalue weighted by atomic mass is 10.0. The van der Waals surface area contributed by atoms with Gasteiger partial charge in [0.1, 0.15) is 4.21 Å². The number of nitrogens with zero attached hydrogens (tertiary/aromatic N) is 5. The van der Waals surface area contributed by atoms with Crippen molar-refractivity contribution >= 4 is 48.3 Å². The van der Waals surface area contributed by atoms with Crippen LogP contribution in [0, 0.1) is 5.92 Å². The lowest BCUT2D eigenvalue weighted by Gasteiger charge is -2.30. The number of piperidine rings is 1. The number of sulfonamides is 1. The highest BCUT2D eigenvalue weighted by molar-refractivity contribution is 7.91. The van der Waals surface area contributed by atoms with Gasteiger partial charge in [0.15, 0.2) is 11.6 Å². The van der Waals surface area contributed by atoms with Crippen LogP contribution in [0.3, 0.4) is 0 Å². The average molecular weight is 515 g/mol. The second-order valence-corrected chi connectivity index (χ2v) is 12.2. The third-order valence-corrected chi connectivity index (χ3v) is 10.1. The average Bonchev–Trinajstić information content (AvgIpc) is 3.56. The number of aliphatic hydroxyl groups excluding tert-OH is 1. The fourth-order valence-corrected chi connectivity index (χ4v) is 7.94. The zero-order chi connectivity index (χ0) is 24.0. The van der Waals surface area contributed by atoms with E-state index in [9.17, 15) is 13.5 Å². The molecule has 0 spiro atoms. The Kier molecular flexibility index (Phi) is 5.93. The number of thiophene rings is 1. The largest absolute Gasteiger partial charge is 0.396 e. The number of ether oxygens (including phenoxy) is 1. The molecule has 2 aliphatic rings. The Labute approximate surface area is 206 Å². The van der Waals surface area contributed by atoms with Crippen molar-refractivity contribution < 1.29 is 18.3 Å². The summed E-state index contributed by atoms with van der Waals surface area (Å²) in [5, 5.41) is 17.6. The van der Waals surface area contributed by atoms with Crippen LogP contribution in [0.25, 0.3) is 32.5 Å². The van der Waals surface area contributed by atoms with Crippen LogP contribution in [0.5, 0.6) is 0 Å². The number of fused-ring (bicyclic) bond motifs is 2. The number of anilines is 1. The molecule has 2 N–H and O–H groups in total. The maximum Gasteiger partial charge on any atom is 0.252 e. The van der Waals surface area contributed by atoms with Crippen molar-refractivity contribution in [3.8, 4) is 11.4 Å². The highest BCUT2D eigenvalue weighted by Gasteiger charge is 2.32. The maximum atomic E-state index is 13.6. The molecular formula is C23H26N6O4S2. The second kappa shape index (κ2) is 9.10. The third kappa shape index (κ3) is 4.08. The molecule has 35 heavy (non-hydrogen) atoms. The van der Waals surface area contributed by atoms with Gasteiger partial charge < -0.3 is 14.7 Å². The summed E-state index contributed by atoms with van der Waals surface area (Å²) >= 11 is 1.22. The molecular weight excluding hydrogens is 488 g/mol. The first kappa shape index (κ1) is 22.8. The molecule has 1 unspecified atom stereocenters. The van der Waals surface area contributed by atoms with Crippen LogP contribution in [-0.4, -0.2) is 84.0 Å². The van der Waals surface area contributed by atoms with Crippen LogP contribution in [0.2, 0.25) is 0 Å². The van der Waals surface area contributed by atoms with Gasteiger partial charge in [0.2, 0.25) is 0 Å². The van der Waals surface area contributed by atoms with E-state index in [0.29, 0.717) is 50.7 Å². The van der Waals surface area contributed by atoms with E-state index in [2.05, 4.69) is 15.1 Å². The third-order valence-electron chi connectivity index (χ3n) is 6.70. The van der Waals surface area contributed by atoms with Crippen molar-refractivity contribution in [1.82, 2.24) is 24.5 Å². The summed E-state index contributed by atoms with van der Waals surface area (Å²) in [6.07, 6.45) is 3.33. The second-order valence-electron chi connectivity index (χ2n) is 8.94. The van der Waals surface area contributed by atoms with Crippen molar-refractivity contribution in [2.24, 2.45) is 5.92 Å². The summed E-state index contributed by atoms with van der Waals surface area (Å²) in [6.45, 7) is 3.31. The Morgan fingerprint density at radius 2 is 2.06 bits per heavy atom. The number of hydrogen-bond donors (Lipinski definition) is 2. The Hall–Kier alpha value is -2.64. The molecule has 0 saturated carbocycles. The molecule has 2 fully saturated rings. The SMILES string of the molecule is O=S(=O)(c1cc2nc(-c3cccc4[nH]ncc34)nc(N3CCOCC3)c2s1)N1CCCC(CO)C1. The molecule has 0 bridgehead atoms. The van der Waals surface area contributed by atoms with Gasteiger partial charge in [-0.05, 0) is 30.9 Å². The first-order valence-corrected chi connectivity index (χ1v) is 14.0. The lowest BCUT2D eigenvalue weighted by molar-refractivity contribution is 0.122. The number of nitrogens with one attached hydrogen (secondary N) is 1. The van der Waals surface area contributed by atoms with Crippen LogP contribution in [-0.2, 0) is 14.8 Å². The van der Waals surface area contributed by atoms with Crippen LogP contribution < -0.4 is 4.90 Å². The van der Waals surface area contributed by atoms with Crippen LogP contribution in [0.15, 0.2) is 34.7 Å². The van der Waals surface area contributed by atoms with Crippen molar-refractivity contribution in [2.45, 2.75) is 17.1 Å². The molecule has 5 heterocycles. The van der Waals surface area contributed by atoms with E-state index in [1.807, 2.05) is 18.2 Å². The predicted octanol–water partition coefficient (Wildman–Crippen LogP) is 2.46. The molecule has 6 rings (SSSR count).